The Morgan fingerprint density at radius 3 is 2.71 bits per heavy atom. The molecule has 0 fully saturated rings. The number of nitrogens with zero attached hydrogens (tertiary/aromatic N) is 3. The van der Waals surface area contributed by atoms with Gasteiger partial charge in [0.1, 0.15) is 9.52 Å². The molecular formula is C15H12FIN4. The lowest BCUT2D eigenvalue weighted by molar-refractivity contribution is 0.626. The fourth-order valence-electron chi connectivity index (χ4n) is 2.05. The lowest BCUT2D eigenvalue weighted by Crippen LogP contribution is -1.97. The molecule has 0 saturated heterocycles. The number of benzene rings is 1. The SMILES string of the molecule is NCc1cc(F)cc(-c2cnn(-c3ccc(I)nc3)c2)c1. The summed E-state index contributed by atoms with van der Waals surface area (Å²) in [7, 11) is 0. The van der Waals surface area contributed by atoms with Gasteiger partial charge in [0.25, 0.3) is 0 Å². The molecule has 0 saturated carbocycles. The minimum atomic E-state index is -0.295. The van der Waals surface area contributed by atoms with Crippen LogP contribution in [0.3, 0.4) is 0 Å². The van der Waals surface area contributed by atoms with Gasteiger partial charge in [-0.25, -0.2) is 14.1 Å². The Morgan fingerprint density at radius 2 is 2.00 bits per heavy atom. The molecule has 2 N–H and O–H groups in total. The fourth-order valence-corrected chi connectivity index (χ4v) is 2.37. The topological polar surface area (TPSA) is 56.7 Å². The van der Waals surface area contributed by atoms with Gasteiger partial charge in [-0.2, -0.15) is 5.10 Å². The molecule has 0 bridgehead atoms. The highest BCUT2D eigenvalue weighted by Gasteiger charge is 2.06. The first-order chi connectivity index (χ1) is 10.2. The molecule has 2 aromatic heterocycles. The molecule has 2 heterocycles. The molecule has 0 radical (unpaired) electrons. The molecule has 0 amide bonds. The summed E-state index contributed by atoms with van der Waals surface area (Å²) in [4.78, 5) is 4.23. The van der Waals surface area contributed by atoms with E-state index in [-0.39, 0.29) is 5.82 Å². The van der Waals surface area contributed by atoms with Crippen molar-refractivity contribution in [2.24, 2.45) is 5.73 Å². The van der Waals surface area contributed by atoms with Crippen molar-refractivity contribution in [1.29, 1.82) is 0 Å². The highest BCUT2D eigenvalue weighted by atomic mass is 127. The molecule has 0 aliphatic carbocycles. The number of pyridine rings is 1. The maximum atomic E-state index is 13.6. The van der Waals surface area contributed by atoms with E-state index in [0.29, 0.717) is 6.54 Å². The van der Waals surface area contributed by atoms with Gasteiger partial charge >= 0.3 is 0 Å². The largest absolute Gasteiger partial charge is 0.326 e. The number of hydrogen-bond donors (Lipinski definition) is 1. The van der Waals surface area contributed by atoms with Crippen molar-refractivity contribution in [2.45, 2.75) is 6.54 Å². The van der Waals surface area contributed by atoms with Crippen LogP contribution in [-0.2, 0) is 6.54 Å². The van der Waals surface area contributed by atoms with Gasteiger partial charge in [0, 0.05) is 18.3 Å². The maximum absolute atomic E-state index is 13.6. The molecule has 3 aromatic rings. The van der Waals surface area contributed by atoms with Gasteiger partial charge in [-0.15, -0.1) is 0 Å². The standard InChI is InChI=1S/C15H12FIN4/c16-13-4-10(6-18)3-11(5-13)12-7-20-21(9-12)14-1-2-15(17)19-8-14/h1-5,7-9H,6,18H2. The summed E-state index contributed by atoms with van der Waals surface area (Å²) in [5.74, 6) is -0.295. The van der Waals surface area contributed by atoms with Gasteiger partial charge in [0.15, 0.2) is 0 Å². The van der Waals surface area contributed by atoms with E-state index in [1.165, 1.54) is 12.1 Å². The quantitative estimate of drug-likeness (QED) is 0.549. The second-order valence-electron chi connectivity index (χ2n) is 4.56. The molecule has 106 valence electrons. The summed E-state index contributed by atoms with van der Waals surface area (Å²) in [6.45, 7) is 0.305. The highest BCUT2D eigenvalue weighted by Crippen LogP contribution is 2.22. The molecule has 4 nitrogen and oxygen atoms in total. The molecular weight excluding hydrogens is 382 g/mol. The maximum Gasteiger partial charge on any atom is 0.124 e. The van der Waals surface area contributed by atoms with Crippen LogP contribution in [0, 0.1) is 9.52 Å². The van der Waals surface area contributed by atoms with Crippen LogP contribution in [0.1, 0.15) is 5.56 Å². The van der Waals surface area contributed by atoms with Crippen molar-refractivity contribution in [3.05, 3.63) is 64.0 Å². The van der Waals surface area contributed by atoms with Gasteiger partial charge in [0.05, 0.1) is 18.1 Å². The monoisotopic (exact) mass is 394 g/mol. The van der Waals surface area contributed by atoms with Crippen LogP contribution >= 0.6 is 22.6 Å². The molecule has 0 aliphatic rings. The molecule has 3 rings (SSSR count). The number of halogens is 2. The van der Waals surface area contributed by atoms with E-state index < -0.39 is 0 Å². The predicted octanol–water partition coefficient (Wildman–Crippen LogP) is 3.14. The molecule has 21 heavy (non-hydrogen) atoms. The summed E-state index contributed by atoms with van der Waals surface area (Å²) >= 11 is 2.15. The Bertz CT molecular complexity index is 768. The van der Waals surface area contributed by atoms with Crippen molar-refractivity contribution in [2.75, 3.05) is 0 Å². The van der Waals surface area contributed by atoms with Crippen molar-refractivity contribution in [1.82, 2.24) is 14.8 Å². The average molecular weight is 394 g/mol. The van der Waals surface area contributed by atoms with Gasteiger partial charge in [0.2, 0.25) is 0 Å². The summed E-state index contributed by atoms with van der Waals surface area (Å²) in [5, 5.41) is 4.30. The zero-order valence-corrected chi connectivity index (χ0v) is 13.2. The van der Waals surface area contributed by atoms with Crippen molar-refractivity contribution in [3.63, 3.8) is 0 Å². The van der Waals surface area contributed by atoms with Gasteiger partial charge in [-0.05, 0) is 64.0 Å². The first-order valence-corrected chi connectivity index (χ1v) is 7.40. The Balaban J connectivity index is 1.98. The van der Waals surface area contributed by atoms with Gasteiger partial charge in [-0.1, -0.05) is 0 Å². The molecule has 0 aliphatic heterocycles. The van der Waals surface area contributed by atoms with Crippen LogP contribution in [0.25, 0.3) is 16.8 Å². The summed E-state index contributed by atoms with van der Waals surface area (Å²) in [6.07, 6.45) is 5.29. The lowest BCUT2D eigenvalue weighted by atomic mass is 10.1. The van der Waals surface area contributed by atoms with E-state index in [1.807, 2.05) is 24.4 Å². The third-order valence-electron chi connectivity index (χ3n) is 3.09. The van der Waals surface area contributed by atoms with Gasteiger partial charge < -0.3 is 5.73 Å². The normalized spacial score (nSPS) is 10.8. The highest BCUT2D eigenvalue weighted by molar-refractivity contribution is 14.1. The molecule has 0 spiro atoms. The van der Waals surface area contributed by atoms with Crippen LogP contribution in [0.15, 0.2) is 48.9 Å². The van der Waals surface area contributed by atoms with E-state index >= 15 is 0 Å². The summed E-state index contributed by atoms with van der Waals surface area (Å²) in [5.41, 5.74) is 8.80. The number of hydrogen-bond acceptors (Lipinski definition) is 3. The average Bonchev–Trinajstić information content (AvgIpc) is 2.97. The second-order valence-corrected chi connectivity index (χ2v) is 5.67. The minimum Gasteiger partial charge on any atom is -0.326 e. The molecule has 6 heteroatoms. The van der Waals surface area contributed by atoms with E-state index in [1.54, 1.807) is 17.1 Å². The van der Waals surface area contributed by atoms with E-state index in [4.69, 9.17) is 5.73 Å². The number of aromatic nitrogens is 3. The molecule has 1 aromatic carbocycles. The van der Waals surface area contributed by atoms with Crippen molar-refractivity contribution >= 4 is 22.6 Å². The van der Waals surface area contributed by atoms with Crippen LogP contribution in [-0.4, -0.2) is 14.8 Å². The summed E-state index contributed by atoms with van der Waals surface area (Å²) < 4.78 is 16.2. The minimum absolute atomic E-state index is 0.295. The number of rotatable bonds is 3. The van der Waals surface area contributed by atoms with E-state index in [9.17, 15) is 4.39 Å². The Morgan fingerprint density at radius 1 is 1.14 bits per heavy atom. The zero-order chi connectivity index (χ0) is 14.8. The third kappa shape index (κ3) is 3.11. The predicted molar refractivity (Wildman–Crippen MR) is 87.4 cm³/mol. The molecule has 0 unspecified atom stereocenters. The van der Waals surface area contributed by atoms with Crippen LogP contribution in [0.5, 0.6) is 0 Å². The first-order valence-electron chi connectivity index (χ1n) is 6.32. The second kappa shape index (κ2) is 5.90. The smallest absolute Gasteiger partial charge is 0.124 e. The van der Waals surface area contributed by atoms with Crippen LogP contribution < -0.4 is 5.73 Å². The van der Waals surface area contributed by atoms with Gasteiger partial charge in [-0.3, -0.25) is 0 Å². The van der Waals surface area contributed by atoms with E-state index in [2.05, 4.69) is 32.7 Å². The van der Waals surface area contributed by atoms with Crippen LogP contribution in [0.2, 0.25) is 0 Å². The van der Waals surface area contributed by atoms with E-state index in [0.717, 1.165) is 26.1 Å². The third-order valence-corrected chi connectivity index (χ3v) is 3.72. The first kappa shape index (κ1) is 14.2. The Kier molecular flexibility index (Phi) is 3.98. The van der Waals surface area contributed by atoms with Crippen molar-refractivity contribution in [3.8, 4) is 16.8 Å². The fraction of sp³-hybridized carbons (Fsp3) is 0.0667. The van der Waals surface area contributed by atoms with Crippen molar-refractivity contribution < 1.29 is 4.39 Å². The molecule has 0 atom stereocenters. The summed E-state index contributed by atoms with van der Waals surface area (Å²) in [6, 6.07) is 8.63. The Labute approximate surface area is 135 Å². The zero-order valence-electron chi connectivity index (χ0n) is 11.0. The van der Waals surface area contributed by atoms with Crippen LogP contribution in [0.4, 0.5) is 4.39 Å². The lowest BCUT2D eigenvalue weighted by Gasteiger charge is -2.03. The Hall–Kier alpha value is -1.80. The number of nitrogens with two attached hydrogens (primary N) is 1.